The van der Waals surface area contributed by atoms with E-state index in [1.807, 2.05) is 38.1 Å². The number of benzene rings is 2. The Kier molecular flexibility index (Phi) is 6.31. The van der Waals surface area contributed by atoms with Crippen LogP contribution in [0.4, 0.5) is 11.4 Å². The molecule has 0 aromatic heterocycles. The van der Waals surface area contributed by atoms with Crippen molar-refractivity contribution in [2.24, 2.45) is 0 Å². The van der Waals surface area contributed by atoms with E-state index < -0.39 is 0 Å². The summed E-state index contributed by atoms with van der Waals surface area (Å²) in [5.74, 6) is -0.329. The van der Waals surface area contributed by atoms with E-state index in [-0.39, 0.29) is 17.9 Å². The molecule has 0 saturated carbocycles. The molecule has 0 radical (unpaired) electrons. The number of nitrogens with zero attached hydrogens (tertiary/aromatic N) is 2. The molecule has 0 unspecified atom stereocenters. The molecule has 148 valence electrons. The third kappa shape index (κ3) is 5.10. The predicted molar refractivity (Wildman–Crippen MR) is 113 cm³/mol. The third-order valence-corrected chi connectivity index (χ3v) is 4.82. The van der Waals surface area contributed by atoms with Gasteiger partial charge < -0.3 is 20.4 Å². The van der Waals surface area contributed by atoms with Crippen LogP contribution in [0.2, 0.25) is 0 Å². The van der Waals surface area contributed by atoms with E-state index in [4.69, 9.17) is 0 Å². The van der Waals surface area contributed by atoms with E-state index in [0.29, 0.717) is 11.1 Å². The molecule has 0 aliphatic carbocycles. The summed E-state index contributed by atoms with van der Waals surface area (Å²) in [5, 5.41) is 5.75. The first-order valence-corrected chi connectivity index (χ1v) is 9.68. The number of carbonyl (C=O) groups is 2. The van der Waals surface area contributed by atoms with Gasteiger partial charge in [-0.05, 0) is 69.4 Å². The lowest BCUT2D eigenvalue weighted by molar-refractivity contribution is 0.0941. The number of carbonyl (C=O) groups excluding carboxylic acids is 2. The van der Waals surface area contributed by atoms with Gasteiger partial charge in [0.2, 0.25) is 0 Å². The van der Waals surface area contributed by atoms with Crippen molar-refractivity contribution in [3.8, 4) is 0 Å². The number of hydrogen-bond acceptors (Lipinski definition) is 4. The van der Waals surface area contributed by atoms with Crippen LogP contribution in [0.3, 0.4) is 0 Å². The molecule has 6 heteroatoms. The zero-order valence-electron chi connectivity index (χ0n) is 16.7. The number of nitrogens with one attached hydrogen (secondary N) is 2. The van der Waals surface area contributed by atoms with Crippen molar-refractivity contribution in [1.82, 2.24) is 10.2 Å². The monoisotopic (exact) mass is 380 g/mol. The molecule has 1 fully saturated rings. The summed E-state index contributed by atoms with van der Waals surface area (Å²) in [4.78, 5) is 29.1. The van der Waals surface area contributed by atoms with Gasteiger partial charge >= 0.3 is 0 Å². The maximum atomic E-state index is 12.5. The number of rotatable bonds is 5. The van der Waals surface area contributed by atoms with E-state index >= 15 is 0 Å². The molecule has 2 N–H and O–H groups in total. The van der Waals surface area contributed by atoms with Crippen LogP contribution in [-0.4, -0.2) is 56.0 Å². The fourth-order valence-corrected chi connectivity index (χ4v) is 3.14. The fraction of sp³-hybridized carbons (Fsp3) is 0.364. The summed E-state index contributed by atoms with van der Waals surface area (Å²) in [5.41, 5.74) is 2.99. The van der Waals surface area contributed by atoms with Crippen LogP contribution in [0.1, 0.15) is 34.6 Å². The Labute approximate surface area is 166 Å². The van der Waals surface area contributed by atoms with Gasteiger partial charge in [-0.3, -0.25) is 9.59 Å². The van der Waals surface area contributed by atoms with Gasteiger partial charge in [0.15, 0.2) is 0 Å². The summed E-state index contributed by atoms with van der Waals surface area (Å²) in [6, 6.07) is 14.7. The van der Waals surface area contributed by atoms with Crippen molar-refractivity contribution < 1.29 is 9.59 Å². The standard InChI is InChI=1S/C22H28N4O2/c1-16(2)23-21(27)17-4-6-18(7-5-17)22(28)24-19-8-10-20(11-9-19)26-14-12-25(3)13-15-26/h4-11,16H,12-15H2,1-3H3,(H,23,27)(H,24,28). The summed E-state index contributed by atoms with van der Waals surface area (Å²) in [6.45, 7) is 7.97. The molecule has 6 nitrogen and oxygen atoms in total. The summed E-state index contributed by atoms with van der Waals surface area (Å²) in [6.07, 6.45) is 0. The number of piperazine rings is 1. The minimum absolute atomic E-state index is 0.0734. The van der Waals surface area contributed by atoms with E-state index in [2.05, 4.69) is 27.5 Å². The first-order chi connectivity index (χ1) is 13.4. The lowest BCUT2D eigenvalue weighted by atomic mass is 10.1. The molecular formula is C22H28N4O2. The molecule has 1 aliphatic rings. The summed E-state index contributed by atoms with van der Waals surface area (Å²) in [7, 11) is 2.14. The molecule has 2 amide bonds. The number of hydrogen-bond donors (Lipinski definition) is 2. The van der Waals surface area contributed by atoms with Gasteiger partial charge in [-0.15, -0.1) is 0 Å². The Balaban J connectivity index is 1.59. The van der Waals surface area contributed by atoms with Crippen molar-refractivity contribution in [2.45, 2.75) is 19.9 Å². The van der Waals surface area contributed by atoms with E-state index in [1.165, 1.54) is 5.69 Å². The van der Waals surface area contributed by atoms with Gasteiger partial charge in [0.05, 0.1) is 0 Å². The van der Waals surface area contributed by atoms with Crippen molar-refractivity contribution in [3.05, 3.63) is 59.7 Å². The van der Waals surface area contributed by atoms with Crippen LogP contribution in [0.25, 0.3) is 0 Å². The van der Waals surface area contributed by atoms with Gasteiger partial charge in [-0.2, -0.15) is 0 Å². The van der Waals surface area contributed by atoms with Crippen molar-refractivity contribution >= 4 is 23.2 Å². The smallest absolute Gasteiger partial charge is 0.255 e. The van der Waals surface area contributed by atoms with Crippen LogP contribution in [0.15, 0.2) is 48.5 Å². The second-order valence-corrected chi connectivity index (χ2v) is 7.50. The van der Waals surface area contributed by atoms with Crippen molar-refractivity contribution in [3.63, 3.8) is 0 Å². The fourth-order valence-electron chi connectivity index (χ4n) is 3.14. The molecule has 1 aliphatic heterocycles. The Morgan fingerprint density at radius 2 is 1.36 bits per heavy atom. The molecular weight excluding hydrogens is 352 g/mol. The summed E-state index contributed by atoms with van der Waals surface area (Å²) < 4.78 is 0. The molecule has 3 rings (SSSR count). The molecule has 28 heavy (non-hydrogen) atoms. The zero-order valence-corrected chi connectivity index (χ0v) is 16.7. The molecule has 1 heterocycles. The van der Waals surface area contributed by atoms with Crippen molar-refractivity contribution in [1.29, 1.82) is 0 Å². The van der Waals surface area contributed by atoms with Crippen LogP contribution in [0, 0.1) is 0 Å². The van der Waals surface area contributed by atoms with Crippen LogP contribution in [-0.2, 0) is 0 Å². The topological polar surface area (TPSA) is 64.7 Å². The largest absolute Gasteiger partial charge is 0.369 e. The SMILES string of the molecule is CC(C)NC(=O)c1ccc(C(=O)Nc2ccc(N3CCN(C)CC3)cc2)cc1. The lowest BCUT2D eigenvalue weighted by Crippen LogP contribution is -2.44. The maximum Gasteiger partial charge on any atom is 0.255 e. The minimum atomic E-state index is -0.192. The van der Waals surface area contributed by atoms with Gasteiger partial charge in [-0.1, -0.05) is 0 Å². The third-order valence-electron chi connectivity index (χ3n) is 4.82. The minimum Gasteiger partial charge on any atom is -0.369 e. The van der Waals surface area contributed by atoms with Gasteiger partial charge in [0.1, 0.15) is 0 Å². The average Bonchev–Trinajstić information content (AvgIpc) is 2.69. The number of likely N-dealkylation sites (N-methyl/N-ethyl adjacent to an activating group) is 1. The highest BCUT2D eigenvalue weighted by molar-refractivity contribution is 6.05. The van der Waals surface area contributed by atoms with Gasteiger partial charge in [0.25, 0.3) is 11.8 Å². The second kappa shape index (κ2) is 8.89. The van der Waals surface area contributed by atoms with E-state index in [0.717, 1.165) is 31.9 Å². The first-order valence-electron chi connectivity index (χ1n) is 9.68. The molecule has 0 atom stereocenters. The van der Waals surface area contributed by atoms with Crippen LogP contribution in [0.5, 0.6) is 0 Å². The van der Waals surface area contributed by atoms with Crippen LogP contribution >= 0.6 is 0 Å². The van der Waals surface area contributed by atoms with Crippen molar-refractivity contribution in [2.75, 3.05) is 43.4 Å². The quantitative estimate of drug-likeness (QED) is 0.837. The highest BCUT2D eigenvalue weighted by atomic mass is 16.2. The number of anilines is 2. The Morgan fingerprint density at radius 3 is 1.89 bits per heavy atom. The molecule has 2 aromatic carbocycles. The molecule has 1 saturated heterocycles. The molecule has 0 bridgehead atoms. The van der Waals surface area contributed by atoms with Crippen LogP contribution < -0.4 is 15.5 Å². The Morgan fingerprint density at radius 1 is 0.821 bits per heavy atom. The van der Waals surface area contributed by atoms with E-state index in [1.54, 1.807) is 24.3 Å². The Hall–Kier alpha value is -2.86. The molecule has 0 spiro atoms. The lowest BCUT2D eigenvalue weighted by Gasteiger charge is -2.34. The maximum absolute atomic E-state index is 12.5. The highest BCUT2D eigenvalue weighted by Gasteiger charge is 2.14. The van der Waals surface area contributed by atoms with Gasteiger partial charge in [0, 0.05) is 54.7 Å². The Bertz CT molecular complexity index is 807. The summed E-state index contributed by atoms with van der Waals surface area (Å²) >= 11 is 0. The predicted octanol–water partition coefficient (Wildman–Crippen LogP) is 2.83. The normalized spacial score (nSPS) is 14.8. The number of amides is 2. The highest BCUT2D eigenvalue weighted by Crippen LogP contribution is 2.20. The first kappa shape index (κ1) is 19.9. The van der Waals surface area contributed by atoms with E-state index in [9.17, 15) is 9.59 Å². The zero-order chi connectivity index (χ0) is 20.1. The van der Waals surface area contributed by atoms with Gasteiger partial charge in [-0.25, -0.2) is 0 Å². The molecule has 2 aromatic rings. The second-order valence-electron chi connectivity index (χ2n) is 7.50. The average molecular weight is 380 g/mol.